The zero-order chi connectivity index (χ0) is 29.7. The second kappa shape index (κ2) is 13.6. The fourth-order valence-electron chi connectivity index (χ4n) is 6.59. The van der Waals surface area contributed by atoms with Crippen LogP contribution in [0.5, 0.6) is 0 Å². The minimum atomic E-state index is -0.993. The van der Waals surface area contributed by atoms with Crippen LogP contribution in [0.15, 0.2) is 42.5 Å². The molecule has 3 heterocycles. The Kier molecular flexibility index (Phi) is 9.91. The number of aliphatic hydroxyl groups is 1. The Morgan fingerprint density at radius 3 is 2.38 bits per heavy atom. The molecule has 0 aromatic heterocycles. The SMILES string of the molecule is CCc1cccc(C2(NC[C@@H](O)[C@H](Cc3cc(F)cc(F)c3)NC(=O)CCCC(=O)N[C@@H]3CN4CCC3CC4)CC2)c1. The summed E-state index contributed by atoms with van der Waals surface area (Å²) in [5.41, 5.74) is 2.56. The molecule has 4 aliphatic rings. The van der Waals surface area contributed by atoms with E-state index in [1.165, 1.54) is 23.3 Å². The standard InChI is InChI=1S/C33H44F2N4O3/c1-2-22-5-3-6-25(15-22)33(11-12-33)36-20-30(40)28(18-23-16-26(34)19-27(35)17-23)37-31(41)7-4-8-32(42)38-29-21-39-13-9-24(29)10-14-39/h3,5-6,15-17,19,24,28-30,36,40H,2,4,7-14,18,20-21H2,1H3,(H,37,41)(H,38,42)/t28-,29+,30+/m0/s1. The first-order chi connectivity index (χ1) is 20.2. The quantitative estimate of drug-likeness (QED) is 0.273. The van der Waals surface area contributed by atoms with Crippen LogP contribution in [-0.2, 0) is 28.0 Å². The van der Waals surface area contributed by atoms with Crippen molar-refractivity contribution in [3.8, 4) is 0 Å². The lowest BCUT2D eigenvalue weighted by molar-refractivity contribution is -0.124. The first kappa shape index (κ1) is 30.6. The van der Waals surface area contributed by atoms with E-state index in [1.807, 2.05) is 6.07 Å². The van der Waals surface area contributed by atoms with Gasteiger partial charge in [-0.05, 0) is 92.8 Å². The van der Waals surface area contributed by atoms with E-state index >= 15 is 0 Å². The Hall–Kier alpha value is -2.88. The van der Waals surface area contributed by atoms with Crippen LogP contribution in [0.25, 0.3) is 0 Å². The summed E-state index contributed by atoms with van der Waals surface area (Å²) < 4.78 is 27.8. The molecular formula is C33H44F2N4O3. The Bertz CT molecular complexity index is 1230. The predicted octanol–water partition coefficient (Wildman–Crippen LogP) is 3.58. The molecule has 9 heteroatoms. The summed E-state index contributed by atoms with van der Waals surface area (Å²) in [7, 11) is 0. The van der Waals surface area contributed by atoms with Gasteiger partial charge in [-0.3, -0.25) is 9.59 Å². The highest BCUT2D eigenvalue weighted by atomic mass is 19.1. The maximum atomic E-state index is 13.9. The lowest BCUT2D eigenvalue weighted by atomic mass is 9.84. The number of carbonyl (C=O) groups excluding carboxylic acids is 2. The number of amides is 2. The third-order valence-corrected chi connectivity index (χ3v) is 9.29. The molecule has 6 rings (SSSR count). The van der Waals surface area contributed by atoms with Crippen LogP contribution in [0.1, 0.15) is 68.6 Å². The highest BCUT2D eigenvalue weighted by Crippen LogP contribution is 2.45. The summed E-state index contributed by atoms with van der Waals surface area (Å²) in [6, 6.07) is 11.1. The topological polar surface area (TPSA) is 93.7 Å². The Morgan fingerprint density at radius 2 is 1.74 bits per heavy atom. The summed E-state index contributed by atoms with van der Waals surface area (Å²) in [6.07, 6.45) is 4.89. The molecule has 0 spiro atoms. The summed E-state index contributed by atoms with van der Waals surface area (Å²) in [5, 5.41) is 20.7. The molecule has 2 aromatic rings. The van der Waals surface area contributed by atoms with Gasteiger partial charge >= 0.3 is 0 Å². The first-order valence-electron chi connectivity index (χ1n) is 15.5. The maximum Gasteiger partial charge on any atom is 0.220 e. The van der Waals surface area contributed by atoms with Crippen molar-refractivity contribution in [3.05, 3.63) is 70.8 Å². The van der Waals surface area contributed by atoms with Crippen molar-refractivity contribution in [3.63, 3.8) is 0 Å². The molecule has 4 N–H and O–H groups in total. The number of aryl methyl sites for hydroxylation is 1. The predicted molar refractivity (Wildman–Crippen MR) is 158 cm³/mol. The van der Waals surface area contributed by atoms with E-state index in [4.69, 9.17) is 0 Å². The molecule has 3 atom stereocenters. The molecule has 3 saturated heterocycles. The third-order valence-electron chi connectivity index (χ3n) is 9.29. The molecule has 1 aliphatic carbocycles. The van der Waals surface area contributed by atoms with Crippen molar-refractivity contribution in [1.82, 2.24) is 20.9 Å². The zero-order valence-corrected chi connectivity index (χ0v) is 24.5. The van der Waals surface area contributed by atoms with Gasteiger partial charge in [-0.25, -0.2) is 8.78 Å². The Labute approximate surface area is 247 Å². The van der Waals surface area contributed by atoms with Crippen LogP contribution < -0.4 is 16.0 Å². The fourth-order valence-corrected chi connectivity index (χ4v) is 6.59. The molecule has 2 amide bonds. The highest BCUT2D eigenvalue weighted by Gasteiger charge is 2.44. The Balaban J connectivity index is 1.15. The van der Waals surface area contributed by atoms with Crippen molar-refractivity contribution in [2.24, 2.45) is 5.92 Å². The molecular weight excluding hydrogens is 538 g/mol. The number of hydrogen-bond acceptors (Lipinski definition) is 5. The van der Waals surface area contributed by atoms with Gasteiger partial charge in [0.15, 0.2) is 0 Å². The average molecular weight is 583 g/mol. The van der Waals surface area contributed by atoms with Crippen molar-refractivity contribution in [1.29, 1.82) is 0 Å². The highest BCUT2D eigenvalue weighted by molar-refractivity contribution is 5.79. The number of aliphatic hydroxyl groups excluding tert-OH is 1. The number of benzene rings is 2. The van der Waals surface area contributed by atoms with Crippen LogP contribution in [0.2, 0.25) is 0 Å². The second-order valence-corrected chi connectivity index (χ2v) is 12.4. The lowest BCUT2D eigenvalue weighted by Crippen LogP contribution is -2.57. The van der Waals surface area contributed by atoms with E-state index in [9.17, 15) is 23.5 Å². The van der Waals surface area contributed by atoms with Gasteiger partial charge in [0.05, 0.1) is 12.1 Å². The first-order valence-corrected chi connectivity index (χ1v) is 15.5. The lowest BCUT2D eigenvalue weighted by Gasteiger charge is -2.44. The normalized spacial score (nSPS) is 23.7. The van der Waals surface area contributed by atoms with Gasteiger partial charge in [-0.15, -0.1) is 0 Å². The van der Waals surface area contributed by atoms with E-state index in [1.54, 1.807) is 0 Å². The molecule has 228 valence electrons. The van der Waals surface area contributed by atoms with Crippen LogP contribution in [0.3, 0.4) is 0 Å². The number of halogens is 2. The maximum absolute atomic E-state index is 13.9. The van der Waals surface area contributed by atoms with Crippen LogP contribution >= 0.6 is 0 Å². The largest absolute Gasteiger partial charge is 0.390 e. The van der Waals surface area contributed by atoms with E-state index in [0.717, 1.165) is 57.8 Å². The van der Waals surface area contributed by atoms with Gasteiger partial charge in [0.2, 0.25) is 11.8 Å². The van der Waals surface area contributed by atoms with Gasteiger partial charge in [0, 0.05) is 43.6 Å². The summed E-state index contributed by atoms with van der Waals surface area (Å²) >= 11 is 0. The molecule has 0 radical (unpaired) electrons. The molecule has 2 aromatic carbocycles. The third kappa shape index (κ3) is 7.94. The second-order valence-electron chi connectivity index (χ2n) is 12.4. The van der Waals surface area contributed by atoms with E-state index in [2.05, 4.69) is 46.0 Å². The van der Waals surface area contributed by atoms with Crippen LogP contribution in [0, 0.1) is 17.6 Å². The number of nitrogens with zero attached hydrogens (tertiary/aromatic N) is 1. The number of nitrogens with one attached hydrogen (secondary N) is 3. The van der Waals surface area contributed by atoms with Gasteiger partial charge in [-0.2, -0.15) is 0 Å². The van der Waals surface area contributed by atoms with E-state index in [-0.39, 0.29) is 49.2 Å². The minimum absolute atomic E-state index is 0.0422. The smallest absolute Gasteiger partial charge is 0.220 e. The van der Waals surface area contributed by atoms with Gasteiger partial charge in [-0.1, -0.05) is 31.2 Å². The number of fused-ring (bicyclic) bond motifs is 3. The van der Waals surface area contributed by atoms with Gasteiger partial charge < -0.3 is 26.0 Å². The fraction of sp³-hybridized carbons (Fsp3) is 0.576. The summed E-state index contributed by atoms with van der Waals surface area (Å²) in [4.78, 5) is 27.9. The molecule has 42 heavy (non-hydrogen) atoms. The summed E-state index contributed by atoms with van der Waals surface area (Å²) in [5.74, 6) is -1.22. The van der Waals surface area contributed by atoms with Crippen molar-refractivity contribution in [2.75, 3.05) is 26.2 Å². The average Bonchev–Trinajstić information content (AvgIpc) is 3.77. The molecule has 2 bridgehead atoms. The summed E-state index contributed by atoms with van der Waals surface area (Å²) in [6.45, 7) is 5.44. The Morgan fingerprint density at radius 1 is 1.02 bits per heavy atom. The molecule has 0 unspecified atom stereocenters. The molecule has 4 fully saturated rings. The molecule has 3 aliphatic heterocycles. The molecule has 1 saturated carbocycles. The number of rotatable bonds is 14. The monoisotopic (exact) mass is 582 g/mol. The minimum Gasteiger partial charge on any atom is -0.390 e. The van der Waals surface area contributed by atoms with Crippen molar-refractivity contribution < 1.29 is 23.5 Å². The van der Waals surface area contributed by atoms with Crippen LogP contribution in [0.4, 0.5) is 8.78 Å². The van der Waals surface area contributed by atoms with E-state index < -0.39 is 23.8 Å². The number of piperidine rings is 3. The van der Waals surface area contributed by atoms with Gasteiger partial charge in [0.25, 0.3) is 0 Å². The number of carbonyl (C=O) groups is 2. The molecule has 7 nitrogen and oxygen atoms in total. The zero-order valence-electron chi connectivity index (χ0n) is 24.5. The van der Waals surface area contributed by atoms with Crippen LogP contribution in [-0.4, -0.2) is 66.2 Å². The van der Waals surface area contributed by atoms with E-state index in [0.29, 0.717) is 17.9 Å². The van der Waals surface area contributed by atoms with Crippen molar-refractivity contribution >= 4 is 11.8 Å². The number of hydrogen-bond donors (Lipinski definition) is 4. The van der Waals surface area contributed by atoms with Crippen molar-refractivity contribution in [2.45, 2.75) is 88.4 Å². The van der Waals surface area contributed by atoms with Gasteiger partial charge in [0.1, 0.15) is 11.6 Å².